The number of aromatic nitrogens is 2. The van der Waals surface area contributed by atoms with E-state index in [9.17, 15) is 4.79 Å². The molecule has 1 heterocycles. The third kappa shape index (κ3) is 5.11. The van der Waals surface area contributed by atoms with E-state index >= 15 is 0 Å². The summed E-state index contributed by atoms with van der Waals surface area (Å²) in [5.74, 6) is 2.23. The number of amides is 1. The van der Waals surface area contributed by atoms with Crippen LogP contribution in [0.25, 0.3) is 11.0 Å². The average molecular weight is 494 g/mol. The molecule has 0 bridgehead atoms. The van der Waals surface area contributed by atoms with E-state index in [1.54, 1.807) is 19.2 Å². The molecular weight excluding hydrogens is 470 g/mol. The van der Waals surface area contributed by atoms with Crippen LogP contribution in [0.5, 0.6) is 11.5 Å². The van der Waals surface area contributed by atoms with E-state index < -0.39 is 0 Å². The lowest BCUT2D eigenvalue weighted by atomic mass is 10.2. The molecule has 0 fully saturated rings. The molecule has 32 heavy (non-hydrogen) atoms. The Bertz CT molecular complexity index is 1200. The normalized spacial score (nSPS) is 10.8. The Morgan fingerprint density at radius 2 is 1.72 bits per heavy atom. The van der Waals surface area contributed by atoms with E-state index in [4.69, 9.17) is 14.5 Å². The number of carbonyl (C=O) groups excluding carboxylic acids is 1. The van der Waals surface area contributed by atoms with E-state index in [-0.39, 0.29) is 5.91 Å². The summed E-state index contributed by atoms with van der Waals surface area (Å²) in [4.78, 5) is 17.2. The zero-order valence-electron chi connectivity index (χ0n) is 17.8. The second kappa shape index (κ2) is 10.3. The van der Waals surface area contributed by atoms with Crippen LogP contribution in [-0.4, -0.2) is 35.7 Å². The van der Waals surface area contributed by atoms with Gasteiger partial charge in [0, 0.05) is 23.0 Å². The van der Waals surface area contributed by atoms with Crippen molar-refractivity contribution in [3.8, 4) is 11.5 Å². The van der Waals surface area contributed by atoms with Crippen LogP contribution in [0.15, 0.2) is 77.3 Å². The third-order valence-corrected chi connectivity index (χ3v) is 5.64. The van der Waals surface area contributed by atoms with Gasteiger partial charge in [-0.05, 0) is 48.5 Å². The van der Waals surface area contributed by atoms with E-state index in [0.717, 1.165) is 21.3 Å². The molecule has 0 unspecified atom stereocenters. The zero-order valence-corrected chi connectivity index (χ0v) is 19.3. The van der Waals surface area contributed by atoms with Gasteiger partial charge in [0.2, 0.25) is 0 Å². The van der Waals surface area contributed by atoms with Crippen molar-refractivity contribution < 1.29 is 14.3 Å². The number of ether oxygens (including phenoxy) is 2. The van der Waals surface area contributed by atoms with Crippen LogP contribution in [0.1, 0.15) is 16.2 Å². The van der Waals surface area contributed by atoms with Crippen molar-refractivity contribution in [1.82, 2.24) is 14.9 Å². The largest absolute Gasteiger partial charge is 0.493 e. The van der Waals surface area contributed by atoms with Gasteiger partial charge in [0.15, 0.2) is 11.5 Å². The molecule has 0 radical (unpaired) electrons. The number of rotatable bonds is 9. The van der Waals surface area contributed by atoms with E-state index in [0.29, 0.717) is 43.2 Å². The molecule has 6 nitrogen and oxygen atoms in total. The molecule has 7 heteroatoms. The lowest BCUT2D eigenvalue weighted by molar-refractivity contribution is 0.0954. The van der Waals surface area contributed by atoms with Crippen molar-refractivity contribution in [2.45, 2.75) is 13.0 Å². The number of hydrogen-bond acceptors (Lipinski definition) is 4. The standard InChI is InChI=1S/C25H24BrN3O3/c1-31-22-8-4-5-9-23(22)32-17-16-29-21-7-3-2-6-20(21)28-24(29)14-15-27-25(30)18-10-12-19(26)13-11-18/h2-13H,14-17H2,1H3,(H,27,30). The molecule has 3 aromatic carbocycles. The second-order valence-electron chi connectivity index (χ2n) is 7.18. The molecule has 0 spiro atoms. The second-order valence-corrected chi connectivity index (χ2v) is 8.10. The Kier molecular flexibility index (Phi) is 7.07. The van der Waals surface area contributed by atoms with Crippen molar-refractivity contribution >= 4 is 32.9 Å². The Labute approximate surface area is 195 Å². The zero-order chi connectivity index (χ0) is 22.3. The van der Waals surface area contributed by atoms with Gasteiger partial charge in [-0.15, -0.1) is 0 Å². The molecule has 4 rings (SSSR count). The highest BCUT2D eigenvalue weighted by molar-refractivity contribution is 9.10. The molecule has 0 saturated heterocycles. The van der Waals surface area contributed by atoms with Gasteiger partial charge in [-0.3, -0.25) is 4.79 Å². The maximum Gasteiger partial charge on any atom is 0.251 e. The summed E-state index contributed by atoms with van der Waals surface area (Å²) >= 11 is 3.39. The molecule has 0 aliphatic carbocycles. The highest BCUT2D eigenvalue weighted by Crippen LogP contribution is 2.26. The number of imidazole rings is 1. The molecule has 0 saturated carbocycles. The molecule has 1 aromatic heterocycles. The van der Waals surface area contributed by atoms with Crippen LogP contribution in [0, 0.1) is 0 Å². The number of nitrogens with zero attached hydrogens (tertiary/aromatic N) is 2. The summed E-state index contributed by atoms with van der Waals surface area (Å²) in [6, 6.07) is 22.9. The molecule has 164 valence electrons. The predicted octanol–water partition coefficient (Wildman–Crippen LogP) is 4.86. The SMILES string of the molecule is COc1ccccc1OCCn1c(CCNC(=O)c2ccc(Br)cc2)nc2ccccc21. The minimum Gasteiger partial charge on any atom is -0.493 e. The molecule has 1 N–H and O–H groups in total. The first-order valence-electron chi connectivity index (χ1n) is 10.4. The fourth-order valence-electron chi connectivity index (χ4n) is 3.54. The smallest absolute Gasteiger partial charge is 0.251 e. The first-order valence-corrected chi connectivity index (χ1v) is 11.2. The van der Waals surface area contributed by atoms with Crippen LogP contribution in [0.4, 0.5) is 0 Å². The number of benzene rings is 3. The van der Waals surface area contributed by atoms with E-state index in [1.165, 1.54) is 0 Å². The van der Waals surface area contributed by atoms with Gasteiger partial charge < -0.3 is 19.4 Å². The number of nitrogens with one attached hydrogen (secondary N) is 1. The molecule has 4 aromatic rings. The highest BCUT2D eigenvalue weighted by atomic mass is 79.9. The van der Waals surface area contributed by atoms with Gasteiger partial charge in [-0.25, -0.2) is 4.98 Å². The Balaban J connectivity index is 1.43. The van der Waals surface area contributed by atoms with Crippen molar-refractivity contribution in [2.75, 3.05) is 20.3 Å². The summed E-state index contributed by atoms with van der Waals surface area (Å²) in [5, 5.41) is 2.98. The fraction of sp³-hybridized carbons (Fsp3) is 0.200. The van der Waals surface area contributed by atoms with Crippen molar-refractivity contribution in [2.24, 2.45) is 0 Å². The number of para-hydroxylation sites is 4. The lowest BCUT2D eigenvalue weighted by Crippen LogP contribution is -2.26. The third-order valence-electron chi connectivity index (χ3n) is 5.12. The summed E-state index contributed by atoms with van der Waals surface area (Å²) < 4.78 is 14.4. The topological polar surface area (TPSA) is 65.4 Å². The number of fused-ring (bicyclic) bond motifs is 1. The summed E-state index contributed by atoms with van der Waals surface area (Å²) in [5.41, 5.74) is 2.61. The summed E-state index contributed by atoms with van der Waals surface area (Å²) in [7, 11) is 1.63. The monoisotopic (exact) mass is 493 g/mol. The first kappa shape index (κ1) is 21.9. The predicted molar refractivity (Wildman–Crippen MR) is 128 cm³/mol. The number of halogens is 1. The minimum absolute atomic E-state index is 0.0975. The quantitative estimate of drug-likeness (QED) is 0.361. The van der Waals surface area contributed by atoms with Crippen molar-refractivity contribution in [1.29, 1.82) is 0 Å². The Morgan fingerprint density at radius 3 is 2.50 bits per heavy atom. The fourth-order valence-corrected chi connectivity index (χ4v) is 3.81. The van der Waals surface area contributed by atoms with Gasteiger partial charge in [0.05, 0.1) is 24.7 Å². The maximum absolute atomic E-state index is 12.4. The molecule has 1 amide bonds. The van der Waals surface area contributed by atoms with Crippen molar-refractivity contribution in [3.05, 3.63) is 88.7 Å². The van der Waals surface area contributed by atoms with Crippen LogP contribution in [0.3, 0.4) is 0 Å². The summed E-state index contributed by atoms with van der Waals surface area (Å²) in [6.07, 6.45) is 0.617. The average Bonchev–Trinajstić information content (AvgIpc) is 3.17. The van der Waals surface area contributed by atoms with Crippen LogP contribution in [0.2, 0.25) is 0 Å². The van der Waals surface area contributed by atoms with Gasteiger partial charge in [-0.1, -0.05) is 40.2 Å². The van der Waals surface area contributed by atoms with Gasteiger partial charge in [0.25, 0.3) is 5.91 Å². The summed E-state index contributed by atoms with van der Waals surface area (Å²) in [6.45, 7) is 1.60. The van der Waals surface area contributed by atoms with Gasteiger partial charge in [0.1, 0.15) is 12.4 Å². The minimum atomic E-state index is -0.0975. The molecular formula is C25H24BrN3O3. The van der Waals surface area contributed by atoms with E-state index in [2.05, 4.69) is 31.9 Å². The number of methoxy groups -OCH3 is 1. The number of carbonyl (C=O) groups is 1. The lowest BCUT2D eigenvalue weighted by Gasteiger charge is -2.13. The van der Waals surface area contributed by atoms with Crippen LogP contribution >= 0.6 is 15.9 Å². The Hall–Kier alpha value is -3.32. The molecule has 0 atom stereocenters. The van der Waals surface area contributed by atoms with Gasteiger partial charge in [-0.2, -0.15) is 0 Å². The van der Waals surface area contributed by atoms with Crippen molar-refractivity contribution in [3.63, 3.8) is 0 Å². The van der Waals surface area contributed by atoms with Crippen LogP contribution in [-0.2, 0) is 13.0 Å². The van der Waals surface area contributed by atoms with E-state index in [1.807, 2.05) is 54.6 Å². The molecule has 0 aliphatic rings. The first-order chi connectivity index (χ1) is 15.7. The highest BCUT2D eigenvalue weighted by Gasteiger charge is 2.12. The van der Waals surface area contributed by atoms with Gasteiger partial charge >= 0.3 is 0 Å². The Morgan fingerprint density at radius 1 is 1.00 bits per heavy atom. The maximum atomic E-state index is 12.4. The number of hydrogen-bond donors (Lipinski definition) is 1. The molecule has 0 aliphatic heterocycles. The van der Waals surface area contributed by atoms with Crippen LogP contribution < -0.4 is 14.8 Å².